The molecule has 1 aliphatic heterocycles. The van der Waals surface area contributed by atoms with Crippen molar-refractivity contribution in [2.24, 2.45) is 22.1 Å². The van der Waals surface area contributed by atoms with Crippen LogP contribution in [0.1, 0.15) is 32.8 Å². The van der Waals surface area contributed by atoms with Gasteiger partial charge in [-0.2, -0.15) is 0 Å². The predicted octanol–water partition coefficient (Wildman–Crippen LogP) is 3.72. The Bertz CT molecular complexity index is 800. The van der Waals surface area contributed by atoms with Crippen molar-refractivity contribution in [1.29, 1.82) is 0 Å². The number of hydrogen-bond acceptors (Lipinski definition) is 3. The Morgan fingerprint density at radius 1 is 1.24 bits per heavy atom. The molecule has 2 aromatic rings. The molecule has 2 aromatic carbocycles. The van der Waals surface area contributed by atoms with E-state index < -0.39 is 0 Å². The number of primary amides is 1. The number of fused-ring (bicyclic) bond motifs is 1. The van der Waals surface area contributed by atoms with E-state index >= 15 is 0 Å². The number of ether oxygens (including phenoxy) is 1. The van der Waals surface area contributed by atoms with Gasteiger partial charge in [-0.15, -0.1) is 0 Å². The number of rotatable bonds is 5. The second-order valence-corrected chi connectivity index (χ2v) is 7.86. The second kappa shape index (κ2) is 6.87. The van der Waals surface area contributed by atoms with E-state index in [1.807, 2.05) is 0 Å². The lowest BCUT2D eigenvalue weighted by atomic mass is 9.78. The molecule has 0 saturated heterocycles. The van der Waals surface area contributed by atoms with E-state index in [1.165, 1.54) is 16.3 Å². The molecule has 0 aliphatic carbocycles. The summed E-state index contributed by atoms with van der Waals surface area (Å²) in [5, 5.41) is 2.50. The molecule has 0 aromatic heterocycles. The molecular weight excluding hydrogens is 312 g/mol. The maximum absolute atomic E-state index is 11.4. The molecule has 3 rings (SSSR count). The highest BCUT2D eigenvalue weighted by Crippen LogP contribution is 2.33. The smallest absolute Gasteiger partial charge is 0.218 e. The van der Waals surface area contributed by atoms with Crippen molar-refractivity contribution in [3.63, 3.8) is 0 Å². The number of amides is 1. The van der Waals surface area contributed by atoms with Gasteiger partial charge in [-0.1, -0.05) is 63.2 Å². The van der Waals surface area contributed by atoms with E-state index in [9.17, 15) is 4.79 Å². The van der Waals surface area contributed by atoms with Crippen LogP contribution in [-0.2, 0) is 16.0 Å². The molecule has 0 saturated carbocycles. The third-order valence-corrected chi connectivity index (χ3v) is 4.82. The molecule has 0 spiro atoms. The number of hydrogen-bond donors (Lipinski definition) is 1. The fraction of sp³-hybridized carbons (Fsp3) is 0.429. The number of carbonyl (C=O) groups excluding carboxylic acids is 1. The van der Waals surface area contributed by atoms with Gasteiger partial charge in [0.15, 0.2) is 5.90 Å². The Labute approximate surface area is 149 Å². The maximum Gasteiger partial charge on any atom is 0.218 e. The normalized spacial score (nSPS) is 18.7. The first-order valence-electron chi connectivity index (χ1n) is 8.80. The fourth-order valence-electron chi connectivity index (χ4n) is 3.42. The molecule has 0 bridgehead atoms. The van der Waals surface area contributed by atoms with Gasteiger partial charge in [0.25, 0.3) is 0 Å². The third kappa shape index (κ3) is 4.01. The molecule has 0 fully saturated rings. The van der Waals surface area contributed by atoms with Crippen LogP contribution in [0.4, 0.5) is 0 Å². The molecular formula is C21H26N2O2. The van der Waals surface area contributed by atoms with Crippen molar-refractivity contribution in [3.05, 3.63) is 48.0 Å². The van der Waals surface area contributed by atoms with Gasteiger partial charge in [0.1, 0.15) is 6.61 Å². The maximum atomic E-state index is 11.4. The van der Waals surface area contributed by atoms with Gasteiger partial charge in [0.05, 0.1) is 6.04 Å². The summed E-state index contributed by atoms with van der Waals surface area (Å²) in [7, 11) is 0. The fourth-order valence-corrected chi connectivity index (χ4v) is 3.42. The minimum atomic E-state index is -0.316. The molecule has 4 nitrogen and oxygen atoms in total. The first kappa shape index (κ1) is 17.5. The van der Waals surface area contributed by atoms with Crippen molar-refractivity contribution in [2.75, 3.05) is 6.61 Å². The minimum absolute atomic E-state index is 0.0810. The van der Waals surface area contributed by atoms with Crippen LogP contribution in [0.25, 0.3) is 10.8 Å². The van der Waals surface area contributed by atoms with Gasteiger partial charge >= 0.3 is 0 Å². The number of carbonyl (C=O) groups is 1. The van der Waals surface area contributed by atoms with Crippen molar-refractivity contribution < 1.29 is 9.53 Å². The molecule has 2 atom stereocenters. The summed E-state index contributed by atoms with van der Waals surface area (Å²) in [5.74, 6) is 0.280. The summed E-state index contributed by atoms with van der Waals surface area (Å²) in [6.45, 7) is 6.82. The van der Waals surface area contributed by atoms with Crippen LogP contribution < -0.4 is 5.73 Å². The summed E-state index contributed by atoms with van der Waals surface area (Å²) in [6.07, 6.45) is 1.10. The number of nitrogens with zero attached hydrogens (tertiary/aromatic N) is 1. The Hall–Kier alpha value is -2.36. The lowest BCUT2D eigenvalue weighted by molar-refractivity contribution is -0.119. The van der Waals surface area contributed by atoms with Gasteiger partial charge in [-0.25, -0.2) is 4.99 Å². The van der Waals surface area contributed by atoms with Crippen molar-refractivity contribution in [1.82, 2.24) is 0 Å². The lowest BCUT2D eigenvalue weighted by Crippen LogP contribution is -2.33. The van der Waals surface area contributed by atoms with Gasteiger partial charge < -0.3 is 10.5 Å². The highest BCUT2D eigenvalue weighted by molar-refractivity contribution is 5.87. The van der Waals surface area contributed by atoms with Crippen LogP contribution in [0.2, 0.25) is 0 Å². The van der Waals surface area contributed by atoms with E-state index in [0.29, 0.717) is 12.5 Å². The monoisotopic (exact) mass is 338 g/mol. The molecule has 1 amide bonds. The quantitative estimate of drug-likeness (QED) is 0.903. The number of benzene rings is 2. The Kier molecular flexibility index (Phi) is 4.80. The molecule has 25 heavy (non-hydrogen) atoms. The topological polar surface area (TPSA) is 64.7 Å². The number of nitrogens with two attached hydrogens (primary N) is 1. The minimum Gasteiger partial charge on any atom is -0.478 e. The zero-order valence-corrected chi connectivity index (χ0v) is 15.2. The average Bonchev–Trinajstić information content (AvgIpc) is 3.00. The van der Waals surface area contributed by atoms with Crippen molar-refractivity contribution >= 4 is 22.6 Å². The SMILES string of the molecule is CC(C)(C)[C@H](CC(N)=O)C1=N[C@@H](Cc2cccc3ccccc23)CO1. The van der Waals surface area contributed by atoms with Crippen LogP contribution in [-0.4, -0.2) is 24.5 Å². The summed E-state index contributed by atoms with van der Waals surface area (Å²) in [4.78, 5) is 16.2. The van der Waals surface area contributed by atoms with E-state index in [-0.39, 0.29) is 29.7 Å². The van der Waals surface area contributed by atoms with E-state index in [2.05, 4.69) is 63.2 Å². The summed E-state index contributed by atoms with van der Waals surface area (Å²) in [5.41, 5.74) is 6.58. The Balaban J connectivity index is 1.82. The van der Waals surface area contributed by atoms with Crippen molar-refractivity contribution in [2.45, 2.75) is 39.7 Å². The molecule has 1 heterocycles. The van der Waals surface area contributed by atoms with E-state index in [1.54, 1.807) is 0 Å². The second-order valence-electron chi connectivity index (χ2n) is 7.86. The lowest BCUT2D eigenvalue weighted by Gasteiger charge is -2.28. The standard InChI is InChI=1S/C21H26N2O2/c1-21(2,3)18(12-19(22)24)20-23-16(13-25-20)11-15-9-6-8-14-7-4-5-10-17(14)15/h4-10,16,18H,11-13H2,1-3H3,(H2,22,24)/t16-,18+/m0/s1. The third-order valence-electron chi connectivity index (χ3n) is 4.82. The van der Waals surface area contributed by atoms with Crippen LogP contribution >= 0.6 is 0 Å². The molecule has 4 heteroatoms. The highest BCUT2D eigenvalue weighted by atomic mass is 16.5. The van der Waals surface area contributed by atoms with Crippen LogP contribution in [0.5, 0.6) is 0 Å². The van der Waals surface area contributed by atoms with E-state index in [4.69, 9.17) is 15.5 Å². The first-order valence-corrected chi connectivity index (χ1v) is 8.80. The van der Waals surface area contributed by atoms with Gasteiger partial charge in [-0.3, -0.25) is 4.79 Å². The molecule has 0 radical (unpaired) electrons. The highest BCUT2D eigenvalue weighted by Gasteiger charge is 2.35. The van der Waals surface area contributed by atoms with E-state index in [0.717, 1.165) is 6.42 Å². The zero-order valence-electron chi connectivity index (χ0n) is 15.2. The summed E-state index contributed by atoms with van der Waals surface area (Å²) in [6, 6.07) is 14.8. The molecule has 0 unspecified atom stereocenters. The zero-order chi connectivity index (χ0) is 18.0. The average molecular weight is 338 g/mol. The molecule has 1 aliphatic rings. The molecule has 2 N–H and O–H groups in total. The first-order chi connectivity index (χ1) is 11.8. The number of aliphatic imine (C=N–C) groups is 1. The largest absolute Gasteiger partial charge is 0.478 e. The van der Waals surface area contributed by atoms with Crippen LogP contribution in [0.15, 0.2) is 47.5 Å². The Morgan fingerprint density at radius 3 is 2.68 bits per heavy atom. The van der Waals surface area contributed by atoms with Crippen LogP contribution in [0, 0.1) is 11.3 Å². The predicted molar refractivity (Wildman–Crippen MR) is 102 cm³/mol. The Morgan fingerprint density at radius 2 is 1.96 bits per heavy atom. The van der Waals surface area contributed by atoms with Gasteiger partial charge in [0, 0.05) is 12.3 Å². The molecule has 132 valence electrons. The van der Waals surface area contributed by atoms with Gasteiger partial charge in [-0.05, 0) is 28.2 Å². The van der Waals surface area contributed by atoms with Gasteiger partial charge in [0.2, 0.25) is 5.91 Å². The van der Waals surface area contributed by atoms with Crippen molar-refractivity contribution in [3.8, 4) is 0 Å². The van der Waals surface area contributed by atoms with Crippen LogP contribution in [0.3, 0.4) is 0 Å². The summed E-state index contributed by atoms with van der Waals surface area (Å²) < 4.78 is 5.88. The summed E-state index contributed by atoms with van der Waals surface area (Å²) >= 11 is 0.